The molecule has 0 radical (unpaired) electrons. The van der Waals surface area contributed by atoms with E-state index >= 15 is 0 Å². The highest BCUT2D eigenvalue weighted by Crippen LogP contribution is 2.17. The van der Waals surface area contributed by atoms with Gasteiger partial charge in [0.25, 0.3) is 0 Å². The maximum atomic E-state index is 12.0. The summed E-state index contributed by atoms with van der Waals surface area (Å²) in [5, 5.41) is 0. The Labute approximate surface area is 114 Å². The number of thioether (sulfide) groups is 1. The van der Waals surface area contributed by atoms with Gasteiger partial charge in [-0.15, -0.1) is 0 Å². The molecule has 102 valence electrons. The fourth-order valence-electron chi connectivity index (χ4n) is 1.51. The van der Waals surface area contributed by atoms with E-state index in [4.69, 9.17) is 0 Å². The zero-order valence-corrected chi connectivity index (χ0v) is 12.8. The highest BCUT2D eigenvalue weighted by Gasteiger charge is 2.13. The minimum Gasteiger partial charge on any atom is -0.210 e. The van der Waals surface area contributed by atoms with E-state index in [0.29, 0.717) is 17.4 Å². The van der Waals surface area contributed by atoms with Crippen LogP contribution < -0.4 is 4.72 Å². The van der Waals surface area contributed by atoms with E-state index in [0.717, 1.165) is 17.1 Å². The van der Waals surface area contributed by atoms with E-state index < -0.39 is 10.0 Å². The molecule has 0 fully saturated rings. The Morgan fingerprint density at radius 3 is 2.33 bits per heavy atom. The van der Waals surface area contributed by atoms with Crippen molar-refractivity contribution in [2.24, 2.45) is 0 Å². The van der Waals surface area contributed by atoms with Crippen LogP contribution in [0.3, 0.4) is 0 Å². The molecule has 0 aliphatic carbocycles. The first-order chi connectivity index (χ1) is 8.47. The Kier molecular flexibility index (Phi) is 6.18. The monoisotopic (exact) mass is 287 g/mol. The lowest BCUT2D eigenvalue weighted by atomic mass is 10.0. The van der Waals surface area contributed by atoms with E-state index in [-0.39, 0.29) is 0 Å². The van der Waals surface area contributed by atoms with Gasteiger partial charge in [0.1, 0.15) is 0 Å². The maximum absolute atomic E-state index is 12.0. The number of benzene rings is 1. The molecule has 0 unspecified atom stereocenters. The molecular formula is C13H21NO2S2. The molecule has 3 nitrogen and oxygen atoms in total. The van der Waals surface area contributed by atoms with Gasteiger partial charge in [-0.1, -0.05) is 32.9 Å². The van der Waals surface area contributed by atoms with Crippen LogP contribution in [0.1, 0.15) is 32.3 Å². The highest BCUT2D eigenvalue weighted by atomic mass is 32.2. The minimum atomic E-state index is -3.35. The largest absolute Gasteiger partial charge is 0.240 e. The summed E-state index contributed by atoms with van der Waals surface area (Å²) in [5.74, 6) is 2.22. The number of rotatable bonds is 7. The summed E-state index contributed by atoms with van der Waals surface area (Å²) in [7, 11) is -3.35. The highest BCUT2D eigenvalue weighted by molar-refractivity contribution is 7.99. The van der Waals surface area contributed by atoms with Gasteiger partial charge in [0.05, 0.1) is 4.90 Å². The van der Waals surface area contributed by atoms with Crippen molar-refractivity contribution < 1.29 is 8.42 Å². The summed E-state index contributed by atoms with van der Waals surface area (Å²) in [6.45, 7) is 6.71. The fraction of sp³-hybridized carbons (Fsp3) is 0.538. The van der Waals surface area contributed by atoms with Crippen molar-refractivity contribution in [1.82, 2.24) is 4.72 Å². The van der Waals surface area contributed by atoms with Gasteiger partial charge in [-0.25, -0.2) is 13.1 Å². The molecule has 0 saturated carbocycles. The topological polar surface area (TPSA) is 46.2 Å². The molecule has 1 rings (SSSR count). The van der Waals surface area contributed by atoms with E-state index in [1.165, 1.54) is 0 Å². The number of hydrogen-bond acceptors (Lipinski definition) is 3. The lowest BCUT2D eigenvalue weighted by Gasteiger charge is -2.09. The normalized spacial score (nSPS) is 12.0. The summed E-state index contributed by atoms with van der Waals surface area (Å²) < 4.78 is 26.5. The average Bonchev–Trinajstić information content (AvgIpc) is 2.35. The molecule has 0 aliphatic rings. The summed E-state index contributed by atoms with van der Waals surface area (Å²) >= 11 is 1.72. The first kappa shape index (κ1) is 15.5. The van der Waals surface area contributed by atoms with Gasteiger partial charge < -0.3 is 0 Å². The SMILES string of the molecule is CCSCCNS(=O)(=O)c1ccc(C(C)C)cc1. The smallest absolute Gasteiger partial charge is 0.210 e. The van der Waals surface area contributed by atoms with Crippen molar-refractivity contribution in [3.8, 4) is 0 Å². The molecule has 0 aliphatic heterocycles. The van der Waals surface area contributed by atoms with E-state index in [1.54, 1.807) is 23.9 Å². The van der Waals surface area contributed by atoms with Crippen LogP contribution in [0.5, 0.6) is 0 Å². The van der Waals surface area contributed by atoms with Gasteiger partial charge in [-0.3, -0.25) is 0 Å². The second-order valence-electron chi connectivity index (χ2n) is 4.32. The van der Waals surface area contributed by atoms with Crippen molar-refractivity contribution in [1.29, 1.82) is 0 Å². The Morgan fingerprint density at radius 2 is 1.83 bits per heavy atom. The molecule has 0 saturated heterocycles. The zero-order valence-electron chi connectivity index (χ0n) is 11.1. The predicted molar refractivity (Wildman–Crippen MR) is 78.7 cm³/mol. The van der Waals surface area contributed by atoms with Gasteiger partial charge in [0.15, 0.2) is 0 Å². The second kappa shape index (κ2) is 7.16. The first-order valence-corrected chi connectivity index (χ1v) is 8.78. The second-order valence-corrected chi connectivity index (χ2v) is 7.48. The van der Waals surface area contributed by atoms with Gasteiger partial charge in [0.2, 0.25) is 10.0 Å². The van der Waals surface area contributed by atoms with Crippen molar-refractivity contribution in [2.75, 3.05) is 18.1 Å². The van der Waals surface area contributed by atoms with Crippen LogP contribution in [-0.4, -0.2) is 26.5 Å². The van der Waals surface area contributed by atoms with E-state index in [2.05, 4.69) is 25.5 Å². The molecule has 0 spiro atoms. The lowest BCUT2D eigenvalue weighted by molar-refractivity contribution is 0.584. The Morgan fingerprint density at radius 1 is 1.22 bits per heavy atom. The molecule has 0 atom stereocenters. The minimum absolute atomic E-state index is 0.341. The number of nitrogens with one attached hydrogen (secondary N) is 1. The molecule has 5 heteroatoms. The Balaban J connectivity index is 2.67. The quantitative estimate of drug-likeness (QED) is 0.784. The van der Waals surface area contributed by atoms with Crippen LogP contribution in [0, 0.1) is 0 Å². The lowest BCUT2D eigenvalue weighted by Crippen LogP contribution is -2.26. The molecule has 0 bridgehead atoms. The van der Waals surface area contributed by atoms with E-state index in [1.807, 2.05) is 12.1 Å². The van der Waals surface area contributed by atoms with Crippen LogP contribution in [0.4, 0.5) is 0 Å². The van der Waals surface area contributed by atoms with Crippen LogP contribution >= 0.6 is 11.8 Å². The summed E-state index contributed by atoms with van der Waals surface area (Å²) in [4.78, 5) is 0.341. The van der Waals surface area contributed by atoms with Gasteiger partial charge >= 0.3 is 0 Å². The standard InChI is InChI=1S/C13H21NO2S2/c1-4-17-10-9-14-18(15,16)13-7-5-12(6-8-13)11(2)3/h5-8,11,14H,4,9-10H2,1-3H3. The number of sulfonamides is 1. The molecule has 18 heavy (non-hydrogen) atoms. The van der Waals surface area contributed by atoms with Gasteiger partial charge in [-0.2, -0.15) is 11.8 Å². The molecule has 1 N–H and O–H groups in total. The maximum Gasteiger partial charge on any atom is 0.240 e. The van der Waals surface area contributed by atoms with Crippen LogP contribution in [0.15, 0.2) is 29.2 Å². The van der Waals surface area contributed by atoms with Crippen molar-refractivity contribution >= 4 is 21.8 Å². The summed E-state index contributed by atoms with van der Waals surface area (Å²) in [6.07, 6.45) is 0. The molecule has 0 amide bonds. The van der Waals surface area contributed by atoms with Crippen LogP contribution in [0.2, 0.25) is 0 Å². The third-order valence-corrected chi connectivity index (χ3v) is 4.98. The summed E-state index contributed by atoms with van der Waals surface area (Å²) in [6, 6.07) is 7.09. The van der Waals surface area contributed by atoms with Gasteiger partial charge in [0, 0.05) is 12.3 Å². The first-order valence-electron chi connectivity index (χ1n) is 6.14. The Bertz CT molecular complexity index is 452. The molecule has 1 aromatic rings. The fourth-order valence-corrected chi connectivity index (χ4v) is 3.20. The van der Waals surface area contributed by atoms with Crippen LogP contribution in [-0.2, 0) is 10.0 Å². The average molecular weight is 287 g/mol. The molecule has 1 aromatic carbocycles. The van der Waals surface area contributed by atoms with Crippen molar-refractivity contribution in [3.05, 3.63) is 29.8 Å². The molecular weight excluding hydrogens is 266 g/mol. The molecule has 0 aromatic heterocycles. The number of hydrogen-bond donors (Lipinski definition) is 1. The Hall–Kier alpha value is -0.520. The van der Waals surface area contributed by atoms with Gasteiger partial charge in [-0.05, 0) is 29.4 Å². The third-order valence-electron chi connectivity index (χ3n) is 2.60. The van der Waals surface area contributed by atoms with Crippen molar-refractivity contribution in [2.45, 2.75) is 31.6 Å². The predicted octanol–water partition coefficient (Wildman–Crippen LogP) is 2.84. The molecule has 0 heterocycles. The van der Waals surface area contributed by atoms with E-state index in [9.17, 15) is 8.42 Å². The summed E-state index contributed by atoms with van der Waals surface area (Å²) in [5.41, 5.74) is 1.15. The van der Waals surface area contributed by atoms with Crippen molar-refractivity contribution in [3.63, 3.8) is 0 Å². The third kappa shape index (κ3) is 4.63. The van der Waals surface area contributed by atoms with Crippen LogP contribution in [0.25, 0.3) is 0 Å². The zero-order chi connectivity index (χ0) is 13.6.